The minimum absolute atomic E-state index is 0.125. The summed E-state index contributed by atoms with van der Waals surface area (Å²) >= 11 is 0. The Balaban J connectivity index is 1.53. The molecule has 32 heavy (non-hydrogen) atoms. The van der Waals surface area contributed by atoms with Gasteiger partial charge < -0.3 is 9.72 Å². The zero-order valence-electron chi connectivity index (χ0n) is 18.4. The number of hydrogen-bond donors (Lipinski definition) is 1. The van der Waals surface area contributed by atoms with Gasteiger partial charge in [-0.2, -0.15) is 0 Å². The molecule has 2 bridgehead atoms. The number of aromatic nitrogens is 1. The lowest BCUT2D eigenvalue weighted by Crippen LogP contribution is -2.46. The zero-order valence-corrected chi connectivity index (χ0v) is 19.2. The topological polar surface area (TPSA) is 62.4 Å². The van der Waals surface area contributed by atoms with E-state index >= 15 is 0 Å². The van der Waals surface area contributed by atoms with Gasteiger partial charge in [-0.25, -0.2) is 0 Å². The molecule has 1 saturated heterocycles. The fourth-order valence-electron chi connectivity index (χ4n) is 5.48. The summed E-state index contributed by atoms with van der Waals surface area (Å²) in [7, 11) is 0.439. The lowest BCUT2D eigenvalue weighted by atomic mass is 9.68. The number of likely N-dealkylation sites (tertiary alicyclic amines) is 1. The van der Waals surface area contributed by atoms with Gasteiger partial charge in [-0.3, -0.25) is 13.9 Å². The number of benzene rings is 2. The van der Waals surface area contributed by atoms with Crippen molar-refractivity contribution < 1.29 is 13.7 Å². The summed E-state index contributed by atoms with van der Waals surface area (Å²) in [6, 6.07) is 18.0. The molecule has 5 rings (SSSR count). The van der Waals surface area contributed by atoms with Gasteiger partial charge in [-0.1, -0.05) is 48.0 Å². The Morgan fingerprint density at radius 3 is 2.69 bits per heavy atom. The summed E-state index contributed by atoms with van der Waals surface area (Å²) < 4.78 is 18.1. The first kappa shape index (κ1) is 21.2. The van der Waals surface area contributed by atoms with E-state index in [0.29, 0.717) is 5.75 Å². The van der Waals surface area contributed by atoms with E-state index < -0.39 is 10.8 Å². The van der Waals surface area contributed by atoms with E-state index in [-0.39, 0.29) is 23.8 Å². The van der Waals surface area contributed by atoms with Gasteiger partial charge in [-0.05, 0) is 37.1 Å². The second-order valence-electron chi connectivity index (χ2n) is 8.55. The first-order valence-electron chi connectivity index (χ1n) is 11.1. The van der Waals surface area contributed by atoms with Gasteiger partial charge in [0, 0.05) is 46.3 Å². The third-order valence-electron chi connectivity index (χ3n) is 7.00. The smallest absolute Gasteiger partial charge is 0.313 e. The highest BCUT2D eigenvalue weighted by atomic mass is 32.2. The molecule has 4 atom stereocenters. The van der Waals surface area contributed by atoms with E-state index in [1.807, 2.05) is 42.5 Å². The number of carbonyl (C=O) groups excluding carboxylic acids is 1. The Bertz CT molecular complexity index is 1200. The number of fused-ring (bicyclic) bond motifs is 6. The summed E-state index contributed by atoms with van der Waals surface area (Å²) in [6.45, 7) is 3.56. The molecule has 0 saturated carbocycles. The molecule has 3 aromatic rings. The van der Waals surface area contributed by atoms with Crippen LogP contribution >= 0.6 is 0 Å². The first-order valence-corrected chi connectivity index (χ1v) is 12.4. The van der Waals surface area contributed by atoms with Gasteiger partial charge in [0.05, 0.1) is 29.9 Å². The van der Waals surface area contributed by atoms with Gasteiger partial charge in [-0.15, -0.1) is 0 Å². The number of H-pyrrole nitrogens is 1. The second-order valence-corrected chi connectivity index (χ2v) is 10.1. The molecular formula is C26H28N2O3S. The van der Waals surface area contributed by atoms with E-state index in [0.717, 1.165) is 46.6 Å². The molecule has 1 N–H and O–H groups in total. The van der Waals surface area contributed by atoms with Crippen molar-refractivity contribution in [1.29, 1.82) is 0 Å². The molecule has 1 fully saturated rings. The van der Waals surface area contributed by atoms with Crippen molar-refractivity contribution in [2.75, 3.05) is 26.0 Å². The monoisotopic (exact) mass is 448 g/mol. The maximum Gasteiger partial charge on any atom is 0.313 e. The van der Waals surface area contributed by atoms with Gasteiger partial charge in [0.15, 0.2) is 0 Å². The van der Waals surface area contributed by atoms with E-state index in [9.17, 15) is 9.00 Å². The quantitative estimate of drug-likeness (QED) is 0.459. The molecular weight excluding hydrogens is 420 g/mol. The summed E-state index contributed by atoms with van der Waals surface area (Å²) in [5.41, 5.74) is 4.49. The third kappa shape index (κ3) is 3.51. The van der Waals surface area contributed by atoms with Crippen molar-refractivity contribution in [2.45, 2.75) is 30.2 Å². The second kappa shape index (κ2) is 8.68. The van der Waals surface area contributed by atoms with Crippen LogP contribution < -0.4 is 0 Å². The number of nitrogens with zero attached hydrogens (tertiary/aromatic N) is 1. The largest absolute Gasteiger partial charge is 0.469 e. The van der Waals surface area contributed by atoms with Gasteiger partial charge >= 0.3 is 5.97 Å². The highest BCUT2D eigenvalue weighted by Gasteiger charge is 2.48. The maximum absolute atomic E-state index is 13.0. The van der Waals surface area contributed by atoms with Crippen LogP contribution in [0.5, 0.6) is 0 Å². The minimum Gasteiger partial charge on any atom is -0.469 e. The molecule has 2 aliphatic rings. The molecule has 1 aliphatic carbocycles. The van der Waals surface area contributed by atoms with Crippen molar-refractivity contribution >= 4 is 27.7 Å². The average Bonchev–Trinajstić information content (AvgIpc) is 3.23. The number of rotatable bonds is 5. The predicted molar refractivity (Wildman–Crippen MR) is 127 cm³/mol. The molecule has 1 unspecified atom stereocenters. The molecule has 166 valence electrons. The van der Waals surface area contributed by atoms with Crippen LogP contribution in [0.4, 0.5) is 0 Å². The van der Waals surface area contributed by atoms with E-state index in [1.165, 1.54) is 12.7 Å². The molecule has 5 nitrogen and oxygen atoms in total. The summed E-state index contributed by atoms with van der Waals surface area (Å²) in [5.74, 6) is 0.240. The fourth-order valence-corrected chi connectivity index (χ4v) is 6.57. The Labute approximate surface area is 190 Å². The summed E-state index contributed by atoms with van der Waals surface area (Å²) in [6.07, 6.45) is 3.01. The van der Waals surface area contributed by atoms with Crippen molar-refractivity contribution in [3.05, 3.63) is 77.5 Å². The number of para-hydroxylation sites is 1. The predicted octanol–water partition coefficient (Wildman–Crippen LogP) is 4.56. The molecule has 1 aromatic heterocycles. The molecule has 2 heterocycles. The first-order chi connectivity index (χ1) is 15.6. The average molecular weight is 449 g/mol. The lowest BCUT2D eigenvalue weighted by Gasteiger charge is -2.47. The van der Waals surface area contributed by atoms with E-state index in [1.54, 1.807) is 0 Å². The highest BCUT2D eigenvalue weighted by Crippen LogP contribution is 2.52. The maximum atomic E-state index is 13.0. The lowest BCUT2D eigenvalue weighted by molar-refractivity contribution is -0.144. The normalized spacial score (nSPS) is 24.9. The Kier molecular flexibility index (Phi) is 5.74. The van der Waals surface area contributed by atoms with Gasteiger partial charge in [0.1, 0.15) is 0 Å². The SMILES string of the molecule is C/C=C1/CN(CCS(=O)c2ccccc2)[C@H]2C[C@@H]1[C@H](C(=O)OC)c1c2[nH]c2ccccc12. The van der Waals surface area contributed by atoms with E-state index in [2.05, 4.69) is 35.0 Å². The molecule has 0 radical (unpaired) electrons. The standard InChI is InChI=1S/C26H28N2O3S/c1-3-17-16-28(13-14-32(30)18-9-5-4-6-10-18)22-15-20(17)24(26(29)31-2)23-19-11-7-8-12-21(19)27-25(22)23/h3-12,20,22,24,27H,13-16H2,1-2H3/b17-3-/t20-,22-,24-,32?/m0/s1. The number of methoxy groups -OCH3 is 1. The van der Waals surface area contributed by atoms with Crippen LogP contribution in [-0.2, 0) is 20.3 Å². The molecule has 1 aliphatic heterocycles. The van der Waals surface area contributed by atoms with Crippen molar-refractivity contribution in [3.8, 4) is 0 Å². The van der Waals surface area contributed by atoms with Crippen molar-refractivity contribution in [1.82, 2.24) is 9.88 Å². The van der Waals surface area contributed by atoms with Crippen LogP contribution in [-0.4, -0.2) is 46.0 Å². The summed E-state index contributed by atoms with van der Waals surface area (Å²) in [5, 5.41) is 1.10. The van der Waals surface area contributed by atoms with Crippen LogP contribution in [0, 0.1) is 5.92 Å². The molecule has 6 heteroatoms. The number of hydrogen-bond acceptors (Lipinski definition) is 4. The van der Waals surface area contributed by atoms with E-state index in [4.69, 9.17) is 4.74 Å². The molecule has 0 spiro atoms. The van der Waals surface area contributed by atoms with Crippen molar-refractivity contribution in [2.24, 2.45) is 5.92 Å². The number of nitrogens with one attached hydrogen (secondary N) is 1. The number of carbonyl (C=O) groups is 1. The highest BCUT2D eigenvalue weighted by molar-refractivity contribution is 7.85. The fraction of sp³-hybridized carbons (Fsp3) is 0.346. The Morgan fingerprint density at radius 2 is 1.94 bits per heavy atom. The number of allylic oxidation sites excluding steroid dienone is 1. The number of aromatic amines is 1. The molecule has 0 amide bonds. The van der Waals surface area contributed by atoms with Gasteiger partial charge in [0.25, 0.3) is 0 Å². The number of ether oxygens (including phenoxy) is 1. The zero-order chi connectivity index (χ0) is 22.2. The number of esters is 1. The number of piperidine rings is 1. The van der Waals surface area contributed by atoms with Crippen LogP contribution in [0.15, 0.2) is 71.1 Å². The van der Waals surface area contributed by atoms with Crippen LogP contribution in [0.3, 0.4) is 0 Å². The van der Waals surface area contributed by atoms with Crippen LogP contribution in [0.1, 0.15) is 36.6 Å². The summed E-state index contributed by atoms with van der Waals surface area (Å²) in [4.78, 5) is 19.9. The van der Waals surface area contributed by atoms with Crippen molar-refractivity contribution in [3.63, 3.8) is 0 Å². The Hall–Kier alpha value is -2.70. The third-order valence-corrected chi connectivity index (χ3v) is 8.35. The molecule has 2 aromatic carbocycles. The van der Waals surface area contributed by atoms with Gasteiger partial charge in [0.2, 0.25) is 0 Å². The van der Waals surface area contributed by atoms with Crippen LogP contribution in [0.2, 0.25) is 0 Å². The van der Waals surface area contributed by atoms with Crippen LogP contribution in [0.25, 0.3) is 10.9 Å². The Morgan fingerprint density at radius 1 is 1.19 bits per heavy atom. The minimum atomic E-state index is -1.04.